The third-order valence-corrected chi connectivity index (χ3v) is 6.36. The van der Waals surface area contributed by atoms with Crippen LogP contribution in [0, 0.1) is 13.8 Å². The average Bonchev–Trinajstić information content (AvgIpc) is 3.29. The number of thiazole rings is 1. The number of fused-ring (bicyclic) bond motifs is 1. The molecule has 0 fully saturated rings. The number of methoxy groups -OCH3 is 1. The van der Waals surface area contributed by atoms with Gasteiger partial charge in [-0.3, -0.25) is 14.4 Å². The summed E-state index contributed by atoms with van der Waals surface area (Å²) in [6, 6.07) is 5.77. The number of hydrogen-bond acceptors (Lipinski definition) is 6. The minimum Gasteiger partial charge on any atom is -0.494 e. The van der Waals surface area contributed by atoms with Crippen LogP contribution in [0.25, 0.3) is 10.2 Å². The van der Waals surface area contributed by atoms with Gasteiger partial charge in [-0.25, -0.2) is 4.98 Å². The van der Waals surface area contributed by atoms with E-state index in [1.165, 1.54) is 11.3 Å². The van der Waals surface area contributed by atoms with Crippen LogP contribution in [0.15, 0.2) is 18.2 Å². The van der Waals surface area contributed by atoms with Gasteiger partial charge in [0.1, 0.15) is 17.0 Å². The first-order chi connectivity index (χ1) is 13.9. The number of carbonyl (C=O) groups excluding carboxylic acids is 1. The topological polar surface area (TPSA) is 63.5 Å². The molecule has 9 heteroatoms. The molecule has 0 bridgehead atoms. The van der Waals surface area contributed by atoms with E-state index < -0.39 is 0 Å². The van der Waals surface area contributed by atoms with Crippen molar-refractivity contribution >= 4 is 45.0 Å². The summed E-state index contributed by atoms with van der Waals surface area (Å²) < 4.78 is 8.18. The molecule has 0 aliphatic rings. The minimum atomic E-state index is -0.0871. The fraction of sp³-hybridized carbons (Fsp3) is 0.476. The first kappa shape index (κ1) is 24.1. The van der Waals surface area contributed by atoms with Crippen LogP contribution in [-0.4, -0.2) is 58.9 Å². The highest BCUT2D eigenvalue weighted by Crippen LogP contribution is 2.36. The lowest BCUT2D eigenvalue weighted by Crippen LogP contribution is -2.39. The van der Waals surface area contributed by atoms with E-state index in [2.05, 4.69) is 30.8 Å². The Kier molecular flexibility index (Phi) is 8.23. The molecule has 0 N–H and O–H groups in total. The molecule has 0 aliphatic heterocycles. The Labute approximate surface area is 188 Å². The number of benzene rings is 1. The molecule has 1 amide bonds. The van der Waals surface area contributed by atoms with E-state index >= 15 is 0 Å². The van der Waals surface area contributed by atoms with Gasteiger partial charge in [0, 0.05) is 20.1 Å². The summed E-state index contributed by atoms with van der Waals surface area (Å²) in [5.74, 6) is 0.636. The van der Waals surface area contributed by atoms with Gasteiger partial charge in [-0.05, 0) is 44.6 Å². The van der Waals surface area contributed by atoms with Crippen LogP contribution in [-0.2, 0) is 7.05 Å². The number of carbonyl (C=O) groups is 1. The number of hydrogen-bond donors (Lipinski definition) is 0. The molecule has 0 radical (unpaired) electrons. The van der Waals surface area contributed by atoms with Crippen LogP contribution >= 0.6 is 23.7 Å². The lowest BCUT2D eigenvalue weighted by atomic mass is 10.2. The third-order valence-electron chi connectivity index (χ3n) is 5.14. The molecule has 2 aromatic heterocycles. The van der Waals surface area contributed by atoms with Crippen molar-refractivity contribution in [1.82, 2.24) is 19.7 Å². The van der Waals surface area contributed by atoms with E-state index in [4.69, 9.17) is 9.72 Å². The summed E-state index contributed by atoms with van der Waals surface area (Å²) in [6.45, 7) is 11.4. The molecule has 0 saturated heterocycles. The first-order valence-electron chi connectivity index (χ1n) is 9.88. The summed E-state index contributed by atoms with van der Waals surface area (Å²) in [7, 11) is 3.44. The van der Waals surface area contributed by atoms with E-state index in [-0.39, 0.29) is 18.3 Å². The first-order valence-corrected chi connectivity index (χ1v) is 10.7. The largest absolute Gasteiger partial charge is 0.494 e. The second-order valence-corrected chi connectivity index (χ2v) is 8.01. The Morgan fingerprint density at radius 1 is 1.20 bits per heavy atom. The fourth-order valence-electron chi connectivity index (χ4n) is 3.39. The number of halogens is 1. The molecule has 0 aliphatic carbocycles. The molecule has 0 saturated carbocycles. The van der Waals surface area contributed by atoms with Crippen molar-refractivity contribution in [1.29, 1.82) is 0 Å². The maximum atomic E-state index is 13.5. The molecule has 7 nitrogen and oxygen atoms in total. The van der Waals surface area contributed by atoms with E-state index in [0.717, 1.165) is 46.9 Å². The summed E-state index contributed by atoms with van der Waals surface area (Å²) >= 11 is 1.53. The van der Waals surface area contributed by atoms with Crippen molar-refractivity contribution in [2.24, 2.45) is 7.05 Å². The molecular formula is C21H30ClN5O2S. The van der Waals surface area contributed by atoms with Crippen molar-refractivity contribution in [3.63, 3.8) is 0 Å². The van der Waals surface area contributed by atoms with Gasteiger partial charge >= 0.3 is 0 Å². The maximum absolute atomic E-state index is 13.5. The Morgan fingerprint density at radius 3 is 2.47 bits per heavy atom. The predicted molar refractivity (Wildman–Crippen MR) is 126 cm³/mol. The summed E-state index contributed by atoms with van der Waals surface area (Å²) in [5.41, 5.74) is 3.30. The van der Waals surface area contributed by atoms with E-state index in [1.54, 1.807) is 23.7 Å². The number of anilines is 1. The molecular weight excluding hydrogens is 422 g/mol. The number of nitrogens with zero attached hydrogens (tertiary/aromatic N) is 5. The van der Waals surface area contributed by atoms with Crippen molar-refractivity contribution in [3.8, 4) is 5.75 Å². The zero-order valence-electron chi connectivity index (χ0n) is 18.4. The Bertz CT molecular complexity index is 1010. The molecule has 164 valence electrons. The van der Waals surface area contributed by atoms with Crippen LogP contribution < -0.4 is 9.64 Å². The van der Waals surface area contributed by atoms with Crippen LogP contribution in [0.5, 0.6) is 5.75 Å². The highest BCUT2D eigenvalue weighted by atomic mass is 35.5. The van der Waals surface area contributed by atoms with E-state index in [0.29, 0.717) is 17.4 Å². The maximum Gasteiger partial charge on any atom is 0.278 e. The standard InChI is InChI=1S/C21H29N5O2S.ClH/c1-7-25(8-2)11-12-26(20(27)16-13-15(4)23-24(16)5)21-22-18-17(28-6)10-9-14(3)19(18)29-21;/h9-10,13H,7-8,11-12H2,1-6H3;1H. The van der Waals surface area contributed by atoms with E-state index in [1.807, 2.05) is 25.1 Å². The number of amides is 1. The van der Waals surface area contributed by atoms with Crippen LogP contribution in [0.1, 0.15) is 35.6 Å². The molecule has 30 heavy (non-hydrogen) atoms. The van der Waals surface area contributed by atoms with Gasteiger partial charge in [0.2, 0.25) is 0 Å². The minimum absolute atomic E-state index is 0. The normalized spacial score (nSPS) is 11.0. The van der Waals surface area contributed by atoms with Crippen LogP contribution in [0.2, 0.25) is 0 Å². The van der Waals surface area contributed by atoms with Gasteiger partial charge in [0.05, 0.1) is 17.5 Å². The molecule has 0 spiro atoms. The van der Waals surface area contributed by atoms with Crippen molar-refractivity contribution in [3.05, 3.63) is 35.2 Å². The number of rotatable bonds is 8. The Hall–Kier alpha value is -2.16. The highest BCUT2D eigenvalue weighted by Gasteiger charge is 2.25. The third kappa shape index (κ3) is 4.77. The average molecular weight is 452 g/mol. The smallest absolute Gasteiger partial charge is 0.278 e. The Morgan fingerprint density at radius 2 is 1.90 bits per heavy atom. The van der Waals surface area contributed by atoms with Gasteiger partial charge in [0.25, 0.3) is 5.91 Å². The molecule has 3 aromatic rings. The lowest BCUT2D eigenvalue weighted by molar-refractivity contribution is 0.0974. The number of likely N-dealkylation sites (N-methyl/N-ethyl adjacent to an activating group) is 1. The van der Waals surface area contributed by atoms with Crippen LogP contribution in [0.3, 0.4) is 0 Å². The van der Waals surface area contributed by atoms with E-state index in [9.17, 15) is 4.79 Å². The van der Waals surface area contributed by atoms with Gasteiger partial charge in [-0.1, -0.05) is 31.3 Å². The van der Waals surface area contributed by atoms with Gasteiger partial charge in [-0.2, -0.15) is 5.10 Å². The second kappa shape index (κ2) is 10.2. The molecule has 3 rings (SSSR count). The zero-order chi connectivity index (χ0) is 21.1. The Balaban J connectivity index is 0.00000320. The van der Waals surface area contributed by atoms with Crippen molar-refractivity contribution in [2.45, 2.75) is 27.7 Å². The quantitative estimate of drug-likeness (QED) is 0.516. The molecule has 1 aromatic carbocycles. The monoisotopic (exact) mass is 451 g/mol. The highest BCUT2D eigenvalue weighted by molar-refractivity contribution is 7.22. The fourth-order valence-corrected chi connectivity index (χ4v) is 4.47. The van der Waals surface area contributed by atoms with Crippen molar-refractivity contribution in [2.75, 3.05) is 38.2 Å². The van der Waals surface area contributed by atoms with Gasteiger partial charge < -0.3 is 9.64 Å². The number of ether oxygens (including phenoxy) is 1. The SMILES string of the molecule is CCN(CC)CCN(C(=O)c1cc(C)nn1C)c1nc2c(OC)ccc(C)c2s1.Cl. The molecule has 2 heterocycles. The number of aryl methyl sites for hydroxylation is 3. The summed E-state index contributed by atoms with van der Waals surface area (Å²) in [4.78, 5) is 22.4. The summed E-state index contributed by atoms with van der Waals surface area (Å²) in [5, 5.41) is 5.03. The zero-order valence-corrected chi connectivity index (χ0v) is 20.1. The molecule has 0 atom stereocenters. The number of aromatic nitrogens is 3. The predicted octanol–water partition coefficient (Wildman–Crippen LogP) is 4.07. The molecule has 0 unspecified atom stereocenters. The van der Waals surface area contributed by atoms with Crippen molar-refractivity contribution < 1.29 is 9.53 Å². The summed E-state index contributed by atoms with van der Waals surface area (Å²) in [6.07, 6.45) is 0. The van der Waals surface area contributed by atoms with Gasteiger partial charge in [-0.15, -0.1) is 12.4 Å². The lowest BCUT2D eigenvalue weighted by Gasteiger charge is -2.24. The van der Waals surface area contributed by atoms with Crippen LogP contribution in [0.4, 0.5) is 5.13 Å². The van der Waals surface area contributed by atoms with Gasteiger partial charge in [0.15, 0.2) is 5.13 Å². The second-order valence-electron chi connectivity index (χ2n) is 7.04.